The van der Waals surface area contributed by atoms with Gasteiger partial charge in [0.25, 0.3) is 0 Å². The van der Waals surface area contributed by atoms with Crippen LogP contribution in [0.25, 0.3) is 12.2 Å². The summed E-state index contributed by atoms with van der Waals surface area (Å²) in [7, 11) is 1.92. The first kappa shape index (κ1) is 12.7. The third-order valence-corrected chi connectivity index (χ3v) is 2.82. The topological polar surface area (TPSA) is 49.3 Å². The van der Waals surface area contributed by atoms with E-state index in [0.29, 0.717) is 0 Å². The average Bonchev–Trinajstić information content (AvgIpc) is 2.70. The minimum absolute atomic E-state index is 0.917. The van der Waals surface area contributed by atoms with Crippen molar-refractivity contribution in [3.63, 3.8) is 0 Å². The molecule has 3 nitrogen and oxygen atoms in total. The van der Waals surface area contributed by atoms with Crippen LogP contribution < -0.4 is 5.32 Å². The normalized spacial score (nSPS) is 11.6. The van der Waals surface area contributed by atoms with Crippen molar-refractivity contribution in [3.05, 3.63) is 34.0 Å². The van der Waals surface area contributed by atoms with E-state index >= 15 is 0 Å². The molecule has 0 spiro atoms. The van der Waals surface area contributed by atoms with Crippen LogP contribution in [0.3, 0.4) is 0 Å². The van der Waals surface area contributed by atoms with Gasteiger partial charge in [0.2, 0.25) is 0 Å². The Morgan fingerprint density at radius 2 is 2.38 bits per heavy atom. The zero-order valence-corrected chi connectivity index (χ0v) is 9.96. The minimum atomic E-state index is -0.917. The summed E-state index contributed by atoms with van der Waals surface area (Å²) in [5.41, 5.74) is 1.12. The number of carboxylic acids is 1. The fraction of sp³-hybridized carbons (Fsp3) is 0.250. The van der Waals surface area contributed by atoms with E-state index in [0.717, 1.165) is 29.5 Å². The van der Waals surface area contributed by atoms with E-state index in [9.17, 15) is 4.79 Å². The molecule has 0 saturated carbocycles. The van der Waals surface area contributed by atoms with Crippen LogP contribution in [0.4, 0.5) is 0 Å². The van der Waals surface area contributed by atoms with Gasteiger partial charge in [-0.05, 0) is 43.1 Å². The molecule has 0 saturated heterocycles. The summed E-state index contributed by atoms with van der Waals surface area (Å²) in [4.78, 5) is 11.3. The number of rotatable bonds is 6. The van der Waals surface area contributed by atoms with Crippen molar-refractivity contribution in [3.8, 4) is 0 Å². The van der Waals surface area contributed by atoms with Crippen molar-refractivity contribution in [2.45, 2.75) is 6.42 Å². The first-order chi connectivity index (χ1) is 7.72. The van der Waals surface area contributed by atoms with Crippen molar-refractivity contribution in [2.24, 2.45) is 0 Å². The number of hydrogen-bond acceptors (Lipinski definition) is 3. The van der Waals surface area contributed by atoms with Crippen LogP contribution in [0.1, 0.15) is 16.9 Å². The molecule has 1 heterocycles. The molecule has 4 heteroatoms. The van der Waals surface area contributed by atoms with Gasteiger partial charge in [0.05, 0.1) is 0 Å². The van der Waals surface area contributed by atoms with E-state index in [1.807, 2.05) is 24.6 Å². The maximum absolute atomic E-state index is 10.3. The molecule has 0 atom stereocenters. The SMILES string of the molecule is CNCCC=Cc1csc(/C=C/C(=O)O)c1. The van der Waals surface area contributed by atoms with Gasteiger partial charge in [0, 0.05) is 11.0 Å². The van der Waals surface area contributed by atoms with Crippen molar-refractivity contribution >= 4 is 29.5 Å². The van der Waals surface area contributed by atoms with Gasteiger partial charge in [-0.2, -0.15) is 0 Å². The van der Waals surface area contributed by atoms with Gasteiger partial charge in [0.15, 0.2) is 0 Å². The molecule has 0 bridgehead atoms. The first-order valence-electron chi connectivity index (χ1n) is 5.03. The van der Waals surface area contributed by atoms with E-state index in [4.69, 9.17) is 5.11 Å². The number of carbonyl (C=O) groups is 1. The van der Waals surface area contributed by atoms with E-state index in [2.05, 4.69) is 11.4 Å². The Hall–Kier alpha value is -1.39. The molecule has 2 N–H and O–H groups in total. The Balaban J connectivity index is 2.51. The largest absolute Gasteiger partial charge is 0.478 e. The minimum Gasteiger partial charge on any atom is -0.478 e. The Kier molecular flexibility index (Phi) is 5.53. The summed E-state index contributed by atoms with van der Waals surface area (Å²) in [6, 6.07) is 1.97. The molecule has 1 aromatic rings. The molecular weight excluding hydrogens is 222 g/mol. The summed E-state index contributed by atoms with van der Waals surface area (Å²) in [6.45, 7) is 0.965. The van der Waals surface area contributed by atoms with E-state index in [-0.39, 0.29) is 0 Å². The van der Waals surface area contributed by atoms with Gasteiger partial charge in [-0.25, -0.2) is 4.79 Å². The van der Waals surface area contributed by atoms with Gasteiger partial charge in [-0.15, -0.1) is 11.3 Å². The highest BCUT2D eigenvalue weighted by Gasteiger charge is 1.94. The number of thiophene rings is 1. The lowest BCUT2D eigenvalue weighted by molar-refractivity contribution is -0.131. The fourth-order valence-corrected chi connectivity index (χ4v) is 1.91. The lowest BCUT2D eigenvalue weighted by Gasteiger charge is -1.90. The van der Waals surface area contributed by atoms with Crippen LogP contribution in [0.2, 0.25) is 0 Å². The number of hydrogen-bond donors (Lipinski definition) is 2. The molecule has 1 aromatic heterocycles. The van der Waals surface area contributed by atoms with Gasteiger partial charge >= 0.3 is 5.97 Å². The van der Waals surface area contributed by atoms with Crippen LogP contribution in [-0.2, 0) is 4.79 Å². The first-order valence-corrected chi connectivity index (χ1v) is 5.91. The molecule has 0 aliphatic rings. The number of nitrogens with one attached hydrogen (secondary N) is 1. The number of aliphatic carboxylic acids is 1. The quantitative estimate of drug-likeness (QED) is 0.590. The Bertz CT molecular complexity index is 393. The van der Waals surface area contributed by atoms with Crippen molar-refractivity contribution in [2.75, 3.05) is 13.6 Å². The monoisotopic (exact) mass is 237 g/mol. The molecule has 0 unspecified atom stereocenters. The number of carboxylic acid groups (broad SMARTS) is 1. The zero-order chi connectivity index (χ0) is 11.8. The smallest absolute Gasteiger partial charge is 0.328 e. The van der Waals surface area contributed by atoms with Crippen LogP contribution >= 0.6 is 11.3 Å². The van der Waals surface area contributed by atoms with E-state index in [1.54, 1.807) is 6.08 Å². The molecule has 0 aliphatic heterocycles. The molecule has 86 valence electrons. The van der Waals surface area contributed by atoms with Crippen LogP contribution in [0.5, 0.6) is 0 Å². The van der Waals surface area contributed by atoms with Crippen LogP contribution in [-0.4, -0.2) is 24.7 Å². The van der Waals surface area contributed by atoms with E-state index < -0.39 is 5.97 Å². The lowest BCUT2D eigenvalue weighted by atomic mass is 10.2. The van der Waals surface area contributed by atoms with Crippen LogP contribution in [0, 0.1) is 0 Å². The molecular formula is C12H15NO2S. The van der Waals surface area contributed by atoms with Crippen molar-refractivity contribution < 1.29 is 9.90 Å². The highest BCUT2D eigenvalue weighted by molar-refractivity contribution is 7.11. The summed E-state index contributed by atoms with van der Waals surface area (Å²) in [6.07, 6.45) is 7.90. The van der Waals surface area contributed by atoms with Gasteiger partial charge in [-0.3, -0.25) is 0 Å². The summed E-state index contributed by atoms with van der Waals surface area (Å²) in [5.74, 6) is -0.917. The highest BCUT2D eigenvalue weighted by Crippen LogP contribution is 2.17. The Labute approximate surface area is 99.1 Å². The molecule has 0 aliphatic carbocycles. The van der Waals surface area contributed by atoms with E-state index in [1.165, 1.54) is 11.3 Å². The molecule has 0 radical (unpaired) electrons. The Morgan fingerprint density at radius 3 is 3.06 bits per heavy atom. The zero-order valence-electron chi connectivity index (χ0n) is 9.14. The maximum atomic E-state index is 10.3. The third-order valence-electron chi connectivity index (χ3n) is 1.90. The molecule has 1 rings (SSSR count). The molecule has 0 fully saturated rings. The summed E-state index contributed by atoms with van der Waals surface area (Å²) in [5, 5.41) is 13.6. The lowest BCUT2D eigenvalue weighted by Crippen LogP contribution is -2.05. The fourth-order valence-electron chi connectivity index (χ4n) is 1.14. The summed E-state index contributed by atoms with van der Waals surface area (Å²) < 4.78 is 0. The predicted octanol–water partition coefficient (Wildman–Crippen LogP) is 2.47. The molecule has 16 heavy (non-hydrogen) atoms. The second-order valence-corrected chi connectivity index (χ2v) is 4.19. The van der Waals surface area contributed by atoms with Crippen LogP contribution in [0.15, 0.2) is 23.6 Å². The van der Waals surface area contributed by atoms with Gasteiger partial charge in [-0.1, -0.05) is 12.2 Å². The molecule has 0 aromatic carbocycles. The molecule has 0 amide bonds. The highest BCUT2D eigenvalue weighted by atomic mass is 32.1. The second-order valence-electron chi connectivity index (χ2n) is 3.25. The second kappa shape index (κ2) is 6.98. The summed E-state index contributed by atoms with van der Waals surface area (Å²) >= 11 is 1.54. The standard InChI is InChI=1S/C12H15NO2S/c1-13-7-3-2-4-10-8-11(16-9-10)5-6-12(14)15/h2,4-6,8-9,13H,3,7H2,1H3,(H,14,15)/b4-2?,6-5+. The Morgan fingerprint density at radius 1 is 1.56 bits per heavy atom. The predicted molar refractivity (Wildman–Crippen MR) is 68.6 cm³/mol. The average molecular weight is 237 g/mol. The maximum Gasteiger partial charge on any atom is 0.328 e. The van der Waals surface area contributed by atoms with Gasteiger partial charge in [0.1, 0.15) is 0 Å². The van der Waals surface area contributed by atoms with Crippen molar-refractivity contribution in [1.29, 1.82) is 0 Å². The van der Waals surface area contributed by atoms with Gasteiger partial charge < -0.3 is 10.4 Å². The van der Waals surface area contributed by atoms with Crippen molar-refractivity contribution in [1.82, 2.24) is 5.32 Å². The third kappa shape index (κ3) is 4.91.